The van der Waals surface area contributed by atoms with E-state index in [4.69, 9.17) is 5.26 Å². The van der Waals surface area contributed by atoms with E-state index in [1.54, 1.807) is 19.3 Å². The third-order valence-electron chi connectivity index (χ3n) is 5.13. The Bertz CT molecular complexity index is 1170. The van der Waals surface area contributed by atoms with Crippen LogP contribution in [0.25, 0.3) is 5.69 Å². The lowest BCUT2D eigenvalue weighted by Crippen LogP contribution is -2.31. The van der Waals surface area contributed by atoms with Gasteiger partial charge in [-0.3, -0.25) is 14.5 Å². The van der Waals surface area contributed by atoms with Crippen molar-refractivity contribution < 1.29 is 18.0 Å². The number of nitrogens with one attached hydrogen (secondary N) is 1. The Kier molecular flexibility index (Phi) is 5.22. The molecule has 0 saturated carbocycles. The van der Waals surface area contributed by atoms with Crippen molar-refractivity contribution in [2.45, 2.75) is 37.9 Å². The highest BCUT2D eigenvalue weighted by atomic mass is 19.4. The molecule has 0 saturated heterocycles. The molecule has 31 heavy (non-hydrogen) atoms. The maximum absolute atomic E-state index is 13.0. The SMILES string of the molecule is Cn1nc(CC#N)cc1C(=O)NC1CCCc2nn(-c3ccnc(C(F)(F)F)c3)cc21. The van der Waals surface area contributed by atoms with Crippen LogP contribution in [0.3, 0.4) is 0 Å². The fraction of sp³-hybridized carbons (Fsp3) is 0.350. The number of aryl methyl sites for hydroxylation is 2. The molecule has 3 aromatic heterocycles. The van der Waals surface area contributed by atoms with Crippen LogP contribution in [0.15, 0.2) is 30.6 Å². The maximum Gasteiger partial charge on any atom is 0.433 e. The summed E-state index contributed by atoms with van der Waals surface area (Å²) in [5.41, 5.74) is 1.59. The highest BCUT2D eigenvalue weighted by Crippen LogP contribution is 2.32. The second-order valence-electron chi connectivity index (χ2n) is 7.27. The van der Waals surface area contributed by atoms with Crippen molar-refractivity contribution in [1.82, 2.24) is 29.9 Å². The summed E-state index contributed by atoms with van der Waals surface area (Å²) in [6.07, 6.45) is 0.435. The summed E-state index contributed by atoms with van der Waals surface area (Å²) in [6.45, 7) is 0. The van der Waals surface area contributed by atoms with E-state index in [1.807, 2.05) is 6.07 Å². The quantitative estimate of drug-likeness (QED) is 0.687. The van der Waals surface area contributed by atoms with Crippen LogP contribution < -0.4 is 5.32 Å². The average Bonchev–Trinajstić information content (AvgIpc) is 3.32. The summed E-state index contributed by atoms with van der Waals surface area (Å²) in [4.78, 5) is 16.2. The Morgan fingerprint density at radius 3 is 2.90 bits per heavy atom. The van der Waals surface area contributed by atoms with Gasteiger partial charge >= 0.3 is 6.18 Å². The Morgan fingerprint density at radius 2 is 2.16 bits per heavy atom. The van der Waals surface area contributed by atoms with Gasteiger partial charge in [-0.2, -0.15) is 28.6 Å². The standard InChI is InChI=1S/C20H18F3N7O/c1-29-17(9-12(27-29)5-7-24)19(31)26-15-3-2-4-16-14(15)11-30(28-16)13-6-8-25-18(10-13)20(21,22)23/h6,8-11,15H,2-5H2,1H3,(H,26,31). The van der Waals surface area contributed by atoms with E-state index in [0.717, 1.165) is 29.9 Å². The molecule has 3 heterocycles. The molecule has 0 aliphatic heterocycles. The summed E-state index contributed by atoms with van der Waals surface area (Å²) < 4.78 is 41.8. The summed E-state index contributed by atoms with van der Waals surface area (Å²) in [5, 5.41) is 20.4. The summed E-state index contributed by atoms with van der Waals surface area (Å²) >= 11 is 0. The second-order valence-corrected chi connectivity index (χ2v) is 7.27. The smallest absolute Gasteiger partial charge is 0.344 e. The Morgan fingerprint density at radius 1 is 1.35 bits per heavy atom. The van der Waals surface area contributed by atoms with Gasteiger partial charge in [0.2, 0.25) is 0 Å². The Balaban J connectivity index is 1.59. The number of carbonyl (C=O) groups excluding carboxylic acids is 1. The zero-order valence-corrected chi connectivity index (χ0v) is 16.5. The van der Waals surface area contributed by atoms with E-state index < -0.39 is 11.9 Å². The monoisotopic (exact) mass is 429 g/mol. The van der Waals surface area contributed by atoms with Crippen LogP contribution >= 0.6 is 0 Å². The van der Waals surface area contributed by atoms with Gasteiger partial charge in [0, 0.05) is 25.0 Å². The summed E-state index contributed by atoms with van der Waals surface area (Å²) in [5.74, 6) is -0.340. The van der Waals surface area contributed by atoms with Crippen LogP contribution in [0.5, 0.6) is 0 Å². The third kappa shape index (κ3) is 4.14. The molecule has 0 bridgehead atoms. The van der Waals surface area contributed by atoms with E-state index in [9.17, 15) is 18.0 Å². The van der Waals surface area contributed by atoms with Crippen molar-refractivity contribution in [3.63, 3.8) is 0 Å². The molecule has 0 aromatic carbocycles. The number of hydrogen-bond donors (Lipinski definition) is 1. The predicted octanol–water partition coefficient (Wildman–Crippen LogP) is 2.89. The van der Waals surface area contributed by atoms with E-state index in [1.165, 1.54) is 15.4 Å². The van der Waals surface area contributed by atoms with Crippen LogP contribution in [0.4, 0.5) is 13.2 Å². The normalized spacial score (nSPS) is 15.9. The van der Waals surface area contributed by atoms with Crippen molar-refractivity contribution in [3.8, 4) is 11.8 Å². The van der Waals surface area contributed by atoms with Crippen LogP contribution in [-0.4, -0.2) is 30.5 Å². The number of pyridine rings is 1. The summed E-state index contributed by atoms with van der Waals surface area (Å²) in [6, 6.07) is 5.63. The zero-order valence-electron chi connectivity index (χ0n) is 16.5. The minimum absolute atomic E-state index is 0.104. The van der Waals surface area contributed by atoms with Crippen molar-refractivity contribution in [2.75, 3.05) is 0 Å². The minimum atomic E-state index is -4.55. The number of aromatic nitrogens is 5. The largest absolute Gasteiger partial charge is 0.433 e. The second kappa shape index (κ2) is 7.86. The van der Waals surface area contributed by atoms with Crippen molar-refractivity contribution in [1.29, 1.82) is 5.26 Å². The van der Waals surface area contributed by atoms with Crippen molar-refractivity contribution >= 4 is 5.91 Å². The number of rotatable bonds is 4. The van der Waals surface area contributed by atoms with E-state index in [0.29, 0.717) is 24.2 Å². The van der Waals surface area contributed by atoms with Crippen molar-refractivity contribution in [3.05, 3.63) is 58.9 Å². The first-order valence-electron chi connectivity index (χ1n) is 9.59. The molecule has 0 radical (unpaired) electrons. The molecule has 4 rings (SSSR count). The molecule has 8 nitrogen and oxygen atoms in total. The molecule has 160 valence electrons. The lowest BCUT2D eigenvalue weighted by Gasteiger charge is -2.22. The number of fused-ring (bicyclic) bond motifs is 1. The first-order valence-corrected chi connectivity index (χ1v) is 9.59. The number of hydrogen-bond acceptors (Lipinski definition) is 5. The Labute approximate surface area is 175 Å². The van der Waals surface area contributed by atoms with E-state index in [-0.39, 0.29) is 24.1 Å². The molecule has 1 amide bonds. The zero-order chi connectivity index (χ0) is 22.2. The maximum atomic E-state index is 13.0. The highest BCUT2D eigenvalue weighted by molar-refractivity contribution is 5.93. The Hall–Kier alpha value is -3.68. The number of halogens is 3. The van der Waals surface area contributed by atoms with Gasteiger partial charge in [-0.15, -0.1) is 0 Å². The lowest BCUT2D eigenvalue weighted by molar-refractivity contribution is -0.141. The predicted molar refractivity (Wildman–Crippen MR) is 102 cm³/mol. The lowest BCUT2D eigenvalue weighted by atomic mass is 9.93. The van der Waals surface area contributed by atoms with Gasteiger partial charge in [-0.1, -0.05) is 0 Å². The molecule has 0 spiro atoms. The molecule has 1 aliphatic rings. The topological polar surface area (TPSA) is 101 Å². The fourth-order valence-electron chi connectivity index (χ4n) is 3.68. The average molecular weight is 429 g/mol. The molecule has 3 aromatic rings. The molecule has 0 fully saturated rings. The molecule has 1 aliphatic carbocycles. The van der Waals surface area contributed by atoms with Gasteiger partial charge in [0.1, 0.15) is 11.4 Å². The molecular formula is C20H18F3N7O. The number of nitriles is 1. The van der Waals surface area contributed by atoms with Gasteiger partial charge in [0.25, 0.3) is 5.91 Å². The molecule has 1 atom stereocenters. The van der Waals surface area contributed by atoms with Crippen LogP contribution in [-0.2, 0) is 26.1 Å². The van der Waals surface area contributed by atoms with Gasteiger partial charge in [0.15, 0.2) is 0 Å². The first kappa shape index (κ1) is 20.6. The minimum Gasteiger partial charge on any atom is -0.344 e. The fourth-order valence-corrected chi connectivity index (χ4v) is 3.68. The van der Waals surface area contributed by atoms with E-state index >= 15 is 0 Å². The van der Waals surface area contributed by atoms with Gasteiger partial charge in [-0.25, -0.2) is 4.68 Å². The van der Waals surface area contributed by atoms with Crippen LogP contribution in [0, 0.1) is 11.3 Å². The van der Waals surface area contributed by atoms with Gasteiger partial charge in [-0.05, 0) is 37.5 Å². The molecular weight excluding hydrogens is 411 g/mol. The number of alkyl halides is 3. The number of nitrogens with zero attached hydrogens (tertiary/aromatic N) is 6. The van der Waals surface area contributed by atoms with Gasteiger partial charge in [0.05, 0.1) is 35.6 Å². The molecule has 1 N–H and O–H groups in total. The van der Waals surface area contributed by atoms with E-state index in [2.05, 4.69) is 20.5 Å². The van der Waals surface area contributed by atoms with Crippen LogP contribution in [0.1, 0.15) is 52.0 Å². The highest BCUT2D eigenvalue weighted by Gasteiger charge is 2.33. The molecule has 1 unspecified atom stereocenters. The number of carbonyl (C=O) groups is 1. The van der Waals surface area contributed by atoms with Crippen LogP contribution in [0.2, 0.25) is 0 Å². The summed E-state index contributed by atoms with van der Waals surface area (Å²) in [7, 11) is 1.63. The van der Waals surface area contributed by atoms with Crippen molar-refractivity contribution in [2.24, 2.45) is 7.05 Å². The third-order valence-corrected chi connectivity index (χ3v) is 5.13. The molecule has 11 heteroatoms. The van der Waals surface area contributed by atoms with Gasteiger partial charge < -0.3 is 5.32 Å². The first-order chi connectivity index (χ1) is 14.8. The number of amides is 1.